The van der Waals surface area contributed by atoms with Gasteiger partial charge in [0.1, 0.15) is 12.4 Å². The molecule has 1 aromatic carbocycles. The van der Waals surface area contributed by atoms with Crippen LogP contribution in [0.25, 0.3) is 21.5 Å². The molecule has 0 aliphatic carbocycles. The second kappa shape index (κ2) is 6.96. The van der Waals surface area contributed by atoms with Crippen molar-refractivity contribution in [3.05, 3.63) is 47.6 Å². The molecule has 0 aliphatic rings. The van der Waals surface area contributed by atoms with Crippen molar-refractivity contribution in [2.45, 2.75) is 26.3 Å². The van der Waals surface area contributed by atoms with Gasteiger partial charge in [-0.15, -0.1) is 11.3 Å². The van der Waals surface area contributed by atoms with Gasteiger partial charge in [0.25, 0.3) is 0 Å². The summed E-state index contributed by atoms with van der Waals surface area (Å²) in [4.78, 5) is 13.3. The van der Waals surface area contributed by atoms with Gasteiger partial charge in [-0.1, -0.05) is 19.4 Å². The van der Waals surface area contributed by atoms with Gasteiger partial charge in [-0.3, -0.25) is 4.79 Å². The first-order valence-corrected chi connectivity index (χ1v) is 8.66. The molecule has 5 heteroatoms. The van der Waals surface area contributed by atoms with Crippen LogP contribution in [0.2, 0.25) is 0 Å². The van der Waals surface area contributed by atoms with Crippen molar-refractivity contribution in [2.24, 2.45) is 0 Å². The molecule has 0 spiro atoms. The van der Waals surface area contributed by atoms with Gasteiger partial charge < -0.3 is 9.88 Å². The largest absolute Gasteiger partial charge is 0.355 e. The number of nitrogens with zero attached hydrogens (tertiary/aromatic N) is 1. The Morgan fingerprint density at radius 1 is 1.30 bits per heavy atom. The van der Waals surface area contributed by atoms with Crippen LogP contribution in [0.5, 0.6) is 0 Å². The molecule has 3 nitrogen and oxygen atoms in total. The average Bonchev–Trinajstić information content (AvgIpc) is 3.15. The first kappa shape index (κ1) is 15.7. The number of unbranched alkanes of at least 4 members (excludes halogenated alkanes) is 1. The van der Waals surface area contributed by atoms with Gasteiger partial charge in [0, 0.05) is 17.4 Å². The van der Waals surface area contributed by atoms with E-state index in [0.29, 0.717) is 6.54 Å². The molecule has 2 aromatic heterocycles. The molecule has 23 heavy (non-hydrogen) atoms. The number of rotatable bonds is 6. The Morgan fingerprint density at radius 3 is 2.91 bits per heavy atom. The number of carbonyl (C=O) groups excluding carboxylic acids is 1. The first-order valence-electron chi connectivity index (χ1n) is 7.78. The van der Waals surface area contributed by atoms with E-state index in [9.17, 15) is 9.18 Å². The van der Waals surface area contributed by atoms with Crippen LogP contribution in [0.3, 0.4) is 0 Å². The summed E-state index contributed by atoms with van der Waals surface area (Å²) in [5.41, 5.74) is 1.83. The van der Waals surface area contributed by atoms with E-state index < -0.39 is 0 Å². The minimum Gasteiger partial charge on any atom is -0.355 e. The summed E-state index contributed by atoms with van der Waals surface area (Å²) in [5.74, 6) is -0.280. The van der Waals surface area contributed by atoms with Gasteiger partial charge in [0.2, 0.25) is 5.91 Å². The van der Waals surface area contributed by atoms with Crippen molar-refractivity contribution in [2.75, 3.05) is 6.54 Å². The molecule has 3 aromatic rings. The first-order chi connectivity index (χ1) is 11.2. The number of nitrogens with one attached hydrogen (secondary N) is 1. The Hall–Kier alpha value is -2.14. The van der Waals surface area contributed by atoms with Crippen molar-refractivity contribution in [1.29, 1.82) is 0 Å². The number of aromatic nitrogens is 1. The maximum Gasteiger partial charge on any atom is 0.239 e. The van der Waals surface area contributed by atoms with Gasteiger partial charge >= 0.3 is 0 Å². The molecule has 0 atom stereocenters. The predicted octanol–water partition coefficient (Wildman–Crippen LogP) is 4.43. The molecule has 0 bridgehead atoms. The molecule has 0 unspecified atom stereocenters. The van der Waals surface area contributed by atoms with E-state index in [1.165, 1.54) is 12.1 Å². The molecule has 120 valence electrons. The molecular formula is C18H19FN2OS. The zero-order valence-corrected chi connectivity index (χ0v) is 13.8. The Bertz CT molecular complexity index is 808. The highest BCUT2D eigenvalue weighted by Crippen LogP contribution is 2.31. The topological polar surface area (TPSA) is 34.0 Å². The van der Waals surface area contributed by atoms with Crippen LogP contribution in [-0.2, 0) is 11.3 Å². The highest BCUT2D eigenvalue weighted by atomic mass is 32.1. The number of halogens is 1. The lowest BCUT2D eigenvalue weighted by atomic mass is 10.2. The van der Waals surface area contributed by atoms with Gasteiger partial charge in [0.05, 0.1) is 10.6 Å². The fourth-order valence-electron chi connectivity index (χ4n) is 2.64. The van der Waals surface area contributed by atoms with Gasteiger partial charge in [-0.2, -0.15) is 0 Å². The Kier molecular flexibility index (Phi) is 4.76. The highest BCUT2D eigenvalue weighted by molar-refractivity contribution is 7.13. The van der Waals surface area contributed by atoms with E-state index in [4.69, 9.17) is 0 Å². The lowest BCUT2D eigenvalue weighted by Crippen LogP contribution is -2.28. The zero-order valence-electron chi connectivity index (χ0n) is 13.0. The molecule has 0 fully saturated rings. The minimum absolute atomic E-state index is 0.0157. The third-order valence-corrected chi connectivity index (χ3v) is 4.68. The quantitative estimate of drug-likeness (QED) is 0.667. The lowest BCUT2D eigenvalue weighted by molar-refractivity contribution is -0.121. The van der Waals surface area contributed by atoms with Crippen LogP contribution in [-0.4, -0.2) is 17.0 Å². The van der Waals surface area contributed by atoms with E-state index in [0.717, 1.165) is 34.3 Å². The summed E-state index contributed by atoms with van der Waals surface area (Å²) >= 11 is 1.61. The number of hydrogen-bond donors (Lipinski definition) is 1. The summed E-state index contributed by atoms with van der Waals surface area (Å²) in [5, 5.41) is 5.75. The third kappa shape index (κ3) is 3.45. The van der Waals surface area contributed by atoms with Gasteiger partial charge in [-0.05, 0) is 42.1 Å². The van der Waals surface area contributed by atoms with Crippen molar-refractivity contribution in [3.8, 4) is 10.6 Å². The van der Waals surface area contributed by atoms with Gasteiger partial charge in [-0.25, -0.2) is 4.39 Å². The van der Waals surface area contributed by atoms with Crippen LogP contribution >= 0.6 is 11.3 Å². The molecular weight excluding hydrogens is 311 g/mol. The maximum atomic E-state index is 13.5. The Labute approximate surface area is 138 Å². The molecule has 0 aliphatic heterocycles. The summed E-state index contributed by atoms with van der Waals surface area (Å²) < 4.78 is 15.5. The number of hydrogen-bond acceptors (Lipinski definition) is 2. The Morgan fingerprint density at radius 2 is 2.17 bits per heavy atom. The minimum atomic E-state index is -0.264. The van der Waals surface area contributed by atoms with Crippen molar-refractivity contribution in [1.82, 2.24) is 9.88 Å². The Balaban J connectivity index is 1.96. The molecule has 1 N–H and O–H groups in total. The lowest BCUT2D eigenvalue weighted by Gasteiger charge is -2.10. The van der Waals surface area contributed by atoms with E-state index in [2.05, 4.69) is 12.2 Å². The normalized spacial score (nSPS) is 11.0. The number of carbonyl (C=O) groups is 1. The molecule has 0 radical (unpaired) electrons. The maximum absolute atomic E-state index is 13.5. The van der Waals surface area contributed by atoms with E-state index in [1.807, 2.05) is 28.1 Å². The second-order valence-electron chi connectivity index (χ2n) is 5.50. The van der Waals surface area contributed by atoms with Crippen LogP contribution in [0, 0.1) is 5.82 Å². The van der Waals surface area contributed by atoms with E-state index in [-0.39, 0.29) is 18.3 Å². The SMILES string of the molecule is CCCCNC(=O)Cn1c(-c2cccs2)cc2cc(F)ccc21. The second-order valence-corrected chi connectivity index (χ2v) is 6.45. The van der Waals surface area contributed by atoms with Crippen LogP contribution in [0.4, 0.5) is 4.39 Å². The fraction of sp³-hybridized carbons (Fsp3) is 0.278. The molecule has 2 heterocycles. The molecule has 1 amide bonds. The number of amides is 1. The summed E-state index contributed by atoms with van der Waals surface area (Å²) in [6, 6.07) is 10.6. The molecule has 0 saturated carbocycles. The van der Waals surface area contributed by atoms with Crippen molar-refractivity contribution in [3.63, 3.8) is 0 Å². The molecule has 0 saturated heterocycles. The summed E-state index contributed by atoms with van der Waals surface area (Å²) in [6.45, 7) is 3.03. The van der Waals surface area contributed by atoms with E-state index >= 15 is 0 Å². The van der Waals surface area contributed by atoms with Crippen LogP contribution in [0.15, 0.2) is 41.8 Å². The summed E-state index contributed by atoms with van der Waals surface area (Å²) in [6.07, 6.45) is 2.02. The average molecular weight is 330 g/mol. The van der Waals surface area contributed by atoms with E-state index in [1.54, 1.807) is 17.4 Å². The third-order valence-electron chi connectivity index (χ3n) is 3.79. The number of thiophene rings is 1. The predicted molar refractivity (Wildman–Crippen MR) is 93.1 cm³/mol. The van der Waals surface area contributed by atoms with Crippen LogP contribution in [0.1, 0.15) is 19.8 Å². The zero-order chi connectivity index (χ0) is 16.2. The van der Waals surface area contributed by atoms with Crippen molar-refractivity contribution >= 4 is 28.1 Å². The standard InChI is InChI=1S/C18H19FN2OS/c1-2-3-8-20-18(22)12-21-15-7-6-14(19)10-13(15)11-16(21)17-5-4-9-23-17/h4-7,9-11H,2-3,8,12H2,1H3,(H,20,22). The van der Waals surface area contributed by atoms with Crippen LogP contribution < -0.4 is 5.32 Å². The number of fused-ring (bicyclic) bond motifs is 1. The van der Waals surface area contributed by atoms with Crippen molar-refractivity contribution < 1.29 is 9.18 Å². The fourth-order valence-corrected chi connectivity index (χ4v) is 3.40. The number of benzene rings is 1. The van der Waals surface area contributed by atoms with Gasteiger partial charge in [0.15, 0.2) is 0 Å². The smallest absolute Gasteiger partial charge is 0.239 e. The highest BCUT2D eigenvalue weighted by Gasteiger charge is 2.14. The summed E-state index contributed by atoms with van der Waals surface area (Å²) in [7, 11) is 0. The molecule has 3 rings (SSSR count). The monoisotopic (exact) mass is 330 g/mol.